The van der Waals surface area contributed by atoms with Gasteiger partial charge in [0.1, 0.15) is 17.4 Å². The first-order valence-electron chi connectivity index (χ1n) is 6.19. The highest BCUT2D eigenvalue weighted by Crippen LogP contribution is 2.27. The lowest BCUT2D eigenvalue weighted by atomic mass is 10.2. The van der Waals surface area contributed by atoms with Crippen molar-refractivity contribution >= 4 is 21.6 Å². The second-order valence-electron chi connectivity index (χ2n) is 4.49. The number of nitrogens with one attached hydrogen (secondary N) is 1. The number of rotatable bonds is 4. The van der Waals surface area contributed by atoms with Crippen molar-refractivity contribution in [1.82, 2.24) is 0 Å². The number of benzene rings is 2. The molecule has 0 radical (unpaired) electrons. The molecule has 9 heteroatoms. The average Bonchev–Trinajstić information content (AvgIpc) is 2.46. The molecule has 0 aliphatic carbocycles. The molecule has 0 bridgehead atoms. The summed E-state index contributed by atoms with van der Waals surface area (Å²) in [6.07, 6.45) is 0. The first-order chi connectivity index (χ1) is 10.7. The summed E-state index contributed by atoms with van der Waals surface area (Å²) in [7, 11) is -2.69. The number of nitrogens with two attached hydrogens (primary N) is 1. The number of hydrogen-bond acceptors (Lipinski definition) is 4. The third-order valence-corrected chi connectivity index (χ3v) is 3.83. The van der Waals surface area contributed by atoms with Crippen molar-refractivity contribution in [1.29, 1.82) is 0 Å². The van der Waals surface area contributed by atoms with Gasteiger partial charge in [-0.15, -0.1) is 0 Å². The molecule has 0 aliphatic heterocycles. The summed E-state index contributed by atoms with van der Waals surface area (Å²) in [6, 6.07) is 6.02. The number of carbonyl (C=O) groups excluding carboxylic acids is 1. The van der Waals surface area contributed by atoms with Crippen LogP contribution < -0.4 is 15.2 Å². The Labute approximate surface area is 130 Å². The zero-order chi connectivity index (χ0) is 17.2. The van der Waals surface area contributed by atoms with Gasteiger partial charge in [-0.3, -0.25) is 4.79 Å². The zero-order valence-electron chi connectivity index (χ0n) is 11.8. The molecule has 0 spiro atoms. The minimum absolute atomic E-state index is 0.0206. The van der Waals surface area contributed by atoms with Gasteiger partial charge in [-0.25, -0.2) is 22.3 Å². The third kappa shape index (κ3) is 3.82. The molecule has 0 atom stereocenters. The van der Waals surface area contributed by atoms with Gasteiger partial charge in [-0.05, 0) is 30.3 Å². The minimum Gasteiger partial charge on any atom is -0.495 e. The Bertz CT molecular complexity index is 869. The number of hydrogen-bond donors (Lipinski definition) is 2. The van der Waals surface area contributed by atoms with Crippen LogP contribution in [0, 0.1) is 11.6 Å². The lowest BCUT2D eigenvalue weighted by molar-refractivity contribution is 0.102. The van der Waals surface area contributed by atoms with Crippen LogP contribution in [0.5, 0.6) is 5.75 Å². The van der Waals surface area contributed by atoms with E-state index < -0.39 is 33.1 Å². The fourth-order valence-electron chi connectivity index (χ4n) is 1.83. The Hall–Kier alpha value is -2.52. The second kappa shape index (κ2) is 6.31. The molecule has 3 N–H and O–H groups in total. The van der Waals surface area contributed by atoms with Crippen molar-refractivity contribution in [3.05, 3.63) is 53.6 Å². The average molecular weight is 342 g/mol. The molecule has 2 aromatic rings. The van der Waals surface area contributed by atoms with Crippen LogP contribution in [0.4, 0.5) is 14.5 Å². The molecule has 0 aromatic heterocycles. The summed E-state index contributed by atoms with van der Waals surface area (Å²) in [5.74, 6) is -2.63. The molecule has 122 valence electrons. The highest BCUT2D eigenvalue weighted by Gasteiger charge is 2.17. The third-order valence-electron chi connectivity index (χ3n) is 2.92. The summed E-state index contributed by atoms with van der Waals surface area (Å²) in [6.45, 7) is 0. The number of ether oxygens (including phenoxy) is 1. The molecule has 0 saturated heterocycles. The van der Waals surface area contributed by atoms with Crippen molar-refractivity contribution in [2.24, 2.45) is 5.14 Å². The smallest absolute Gasteiger partial charge is 0.258 e. The van der Waals surface area contributed by atoms with Gasteiger partial charge >= 0.3 is 0 Å². The molecule has 0 heterocycles. The Morgan fingerprint density at radius 2 is 1.87 bits per heavy atom. The molecular weight excluding hydrogens is 330 g/mol. The standard InChI is InChI=1S/C14H12F2N2O4S/c1-22-13-5-3-9(23(17,20)21)7-12(13)18-14(19)10-4-2-8(15)6-11(10)16/h2-7H,1H3,(H,18,19)(H2,17,20,21). The van der Waals surface area contributed by atoms with Crippen molar-refractivity contribution in [2.75, 3.05) is 12.4 Å². The zero-order valence-corrected chi connectivity index (χ0v) is 12.7. The van der Waals surface area contributed by atoms with Gasteiger partial charge in [0, 0.05) is 6.07 Å². The molecule has 0 aliphatic rings. The largest absolute Gasteiger partial charge is 0.495 e. The van der Waals surface area contributed by atoms with Crippen LogP contribution in [-0.4, -0.2) is 21.4 Å². The van der Waals surface area contributed by atoms with Crippen LogP contribution in [0.2, 0.25) is 0 Å². The molecular formula is C14H12F2N2O4S. The quantitative estimate of drug-likeness (QED) is 0.886. The molecule has 0 fully saturated rings. The van der Waals surface area contributed by atoms with E-state index in [0.29, 0.717) is 6.07 Å². The van der Waals surface area contributed by atoms with Gasteiger partial charge in [-0.2, -0.15) is 0 Å². The van der Waals surface area contributed by atoms with E-state index in [1.807, 2.05) is 0 Å². The van der Waals surface area contributed by atoms with E-state index in [-0.39, 0.29) is 16.3 Å². The predicted octanol–water partition coefficient (Wildman–Crippen LogP) is 1.87. The molecule has 0 unspecified atom stereocenters. The highest BCUT2D eigenvalue weighted by molar-refractivity contribution is 7.89. The number of anilines is 1. The number of amides is 1. The van der Waals surface area contributed by atoms with E-state index in [1.165, 1.54) is 19.2 Å². The number of sulfonamides is 1. The van der Waals surface area contributed by atoms with Gasteiger partial charge in [0.15, 0.2) is 0 Å². The van der Waals surface area contributed by atoms with E-state index >= 15 is 0 Å². The number of primary sulfonamides is 1. The van der Waals surface area contributed by atoms with Crippen LogP contribution in [0.1, 0.15) is 10.4 Å². The summed E-state index contributed by atoms with van der Waals surface area (Å²) >= 11 is 0. The molecule has 23 heavy (non-hydrogen) atoms. The lowest BCUT2D eigenvalue weighted by Gasteiger charge is -2.12. The first-order valence-corrected chi connectivity index (χ1v) is 7.74. The maximum Gasteiger partial charge on any atom is 0.258 e. The van der Waals surface area contributed by atoms with Gasteiger partial charge < -0.3 is 10.1 Å². The van der Waals surface area contributed by atoms with Crippen LogP contribution in [0.15, 0.2) is 41.3 Å². The fraction of sp³-hybridized carbons (Fsp3) is 0.0714. The highest BCUT2D eigenvalue weighted by atomic mass is 32.2. The van der Waals surface area contributed by atoms with E-state index in [1.54, 1.807) is 0 Å². The topological polar surface area (TPSA) is 98.5 Å². The normalized spacial score (nSPS) is 11.1. The SMILES string of the molecule is COc1ccc(S(N)(=O)=O)cc1NC(=O)c1ccc(F)cc1F. The Morgan fingerprint density at radius 1 is 1.17 bits per heavy atom. The maximum atomic E-state index is 13.6. The Morgan fingerprint density at radius 3 is 2.43 bits per heavy atom. The number of halogens is 2. The van der Waals surface area contributed by atoms with Gasteiger partial charge in [0.25, 0.3) is 5.91 Å². The molecule has 2 aromatic carbocycles. The van der Waals surface area contributed by atoms with Gasteiger partial charge in [-0.1, -0.05) is 0 Å². The van der Waals surface area contributed by atoms with Crippen LogP contribution in [-0.2, 0) is 10.0 Å². The molecule has 6 nitrogen and oxygen atoms in total. The minimum atomic E-state index is -4.00. The molecule has 0 saturated carbocycles. The number of methoxy groups -OCH3 is 1. The molecule has 2 rings (SSSR count). The Balaban J connectivity index is 2.40. The van der Waals surface area contributed by atoms with E-state index in [2.05, 4.69) is 5.32 Å². The van der Waals surface area contributed by atoms with Crippen LogP contribution in [0.25, 0.3) is 0 Å². The van der Waals surface area contributed by atoms with E-state index in [0.717, 1.165) is 18.2 Å². The van der Waals surface area contributed by atoms with Crippen molar-refractivity contribution in [3.8, 4) is 5.75 Å². The Kier molecular flexibility index (Phi) is 4.62. The fourth-order valence-corrected chi connectivity index (χ4v) is 2.36. The first kappa shape index (κ1) is 16.8. The van der Waals surface area contributed by atoms with Crippen molar-refractivity contribution in [3.63, 3.8) is 0 Å². The summed E-state index contributed by atoms with van der Waals surface area (Å²) < 4.78 is 54.2. The number of carbonyl (C=O) groups is 1. The van der Waals surface area contributed by atoms with Crippen LogP contribution in [0.3, 0.4) is 0 Å². The van der Waals surface area contributed by atoms with Gasteiger partial charge in [0.2, 0.25) is 10.0 Å². The summed E-state index contributed by atoms with van der Waals surface area (Å²) in [5.41, 5.74) is -0.429. The van der Waals surface area contributed by atoms with Crippen molar-refractivity contribution in [2.45, 2.75) is 4.90 Å². The lowest BCUT2D eigenvalue weighted by Crippen LogP contribution is -2.16. The van der Waals surface area contributed by atoms with Crippen molar-refractivity contribution < 1.29 is 26.7 Å². The molecule has 1 amide bonds. The van der Waals surface area contributed by atoms with E-state index in [4.69, 9.17) is 9.88 Å². The predicted molar refractivity (Wildman–Crippen MR) is 78.7 cm³/mol. The second-order valence-corrected chi connectivity index (χ2v) is 6.05. The monoisotopic (exact) mass is 342 g/mol. The summed E-state index contributed by atoms with van der Waals surface area (Å²) in [5, 5.41) is 7.32. The van der Waals surface area contributed by atoms with E-state index in [9.17, 15) is 22.0 Å². The van der Waals surface area contributed by atoms with Crippen LogP contribution >= 0.6 is 0 Å². The summed E-state index contributed by atoms with van der Waals surface area (Å²) in [4.78, 5) is 11.8. The van der Waals surface area contributed by atoms with Gasteiger partial charge in [0.05, 0.1) is 23.3 Å². The maximum absolute atomic E-state index is 13.6.